The van der Waals surface area contributed by atoms with Gasteiger partial charge in [0.25, 0.3) is 5.79 Å². The Morgan fingerprint density at radius 2 is 1.95 bits per heavy atom. The lowest BCUT2D eigenvalue weighted by molar-refractivity contribution is -0.172. The predicted molar refractivity (Wildman–Crippen MR) is 73.3 cm³/mol. The maximum absolute atomic E-state index is 12.1. The van der Waals surface area contributed by atoms with Crippen LogP contribution in [-0.4, -0.2) is 45.3 Å². The minimum Gasteiger partial charge on any atom is -0.497 e. The molecule has 0 radical (unpaired) electrons. The lowest BCUT2D eigenvalue weighted by atomic mass is 10.0. The van der Waals surface area contributed by atoms with Gasteiger partial charge in [0.1, 0.15) is 11.5 Å². The second kappa shape index (κ2) is 4.57. The van der Waals surface area contributed by atoms with Crippen LogP contribution < -0.4 is 4.74 Å². The van der Waals surface area contributed by atoms with Gasteiger partial charge >= 0.3 is 5.91 Å². The molecule has 0 saturated heterocycles. The Morgan fingerprint density at radius 1 is 1.30 bits per heavy atom. The van der Waals surface area contributed by atoms with E-state index >= 15 is 0 Å². The van der Waals surface area contributed by atoms with Gasteiger partial charge in [-0.3, -0.25) is 4.79 Å². The number of ether oxygens (including phenoxy) is 1. The van der Waals surface area contributed by atoms with Gasteiger partial charge in [0.05, 0.1) is 12.6 Å². The first-order chi connectivity index (χ1) is 9.17. The second-order valence-electron chi connectivity index (χ2n) is 5.64. The predicted octanol–water partition coefficient (Wildman–Crippen LogP) is 0.721. The summed E-state index contributed by atoms with van der Waals surface area (Å²) in [5, 5.41) is 25.3. The molecule has 0 aliphatic carbocycles. The molecule has 2 rings (SSSR count). The van der Waals surface area contributed by atoms with Crippen LogP contribution >= 0.6 is 0 Å². The van der Waals surface area contributed by atoms with Gasteiger partial charge in [0, 0.05) is 5.56 Å². The van der Waals surface area contributed by atoms with E-state index in [-0.39, 0.29) is 5.71 Å². The van der Waals surface area contributed by atoms with Crippen LogP contribution in [0.5, 0.6) is 5.75 Å². The normalized spacial score (nSPS) is 18.2. The van der Waals surface area contributed by atoms with E-state index in [1.807, 2.05) is 0 Å². The third-order valence-electron chi connectivity index (χ3n) is 3.00. The van der Waals surface area contributed by atoms with E-state index in [1.54, 1.807) is 45.0 Å². The first-order valence-corrected chi connectivity index (χ1v) is 6.21. The van der Waals surface area contributed by atoms with Gasteiger partial charge in [0.15, 0.2) is 0 Å². The highest BCUT2D eigenvalue weighted by Crippen LogP contribution is 2.29. The third-order valence-corrected chi connectivity index (χ3v) is 3.00. The molecule has 1 amide bonds. The van der Waals surface area contributed by atoms with E-state index in [0.29, 0.717) is 11.3 Å². The van der Waals surface area contributed by atoms with Crippen molar-refractivity contribution in [2.45, 2.75) is 32.1 Å². The second-order valence-corrected chi connectivity index (χ2v) is 5.64. The third kappa shape index (κ3) is 2.28. The average molecular weight is 278 g/mol. The molecule has 108 valence electrons. The molecule has 6 heteroatoms. The van der Waals surface area contributed by atoms with Crippen LogP contribution in [0, 0.1) is 0 Å². The number of hydrazone groups is 1. The van der Waals surface area contributed by atoms with Gasteiger partial charge in [0.2, 0.25) is 0 Å². The van der Waals surface area contributed by atoms with Crippen LogP contribution in [0.15, 0.2) is 29.4 Å². The van der Waals surface area contributed by atoms with Crippen molar-refractivity contribution in [3.8, 4) is 5.75 Å². The zero-order valence-electron chi connectivity index (χ0n) is 11.9. The van der Waals surface area contributed by atoms with Gasteiger partial charge in [-0.15, -0.1) is 0 Å². The van der Waals surface area contributed by atoms with E-state index < -0.39 is 17.2 Å². The lowest BCUT2D eigenvalue weighted by Gasteiger charge is -2.28. The first-order valence-electron chi connectivity index (χ1n) is 6.21. The van der Waals surface area contributed by atoms with E-state index in [2.05, 4.69) is 5.10 Å². The Morgan fingerprint density at radius 3 is 2.45 bits per heavy atom. The standard InChI is InChI=1S/C14H18N2O4/c1-13(2,3)16-12(17)14(18,19)11(15-16)9-6-5-7-10(8-9)20-4/h5-8,18-19H,1-4H3. The molecular formula is C14H18N2O4. The monoisotopic (exact) mass is 278 g/mol. The highest BCUT2D eigenvalue weighted by atomic mass is 16.5. The average Bonchev–Trinajstić information content (AvgIpc) is 2.61. The van der Waals surface area contributed by atoms with Crippen molar-refractivity contribution in [2.75, 3.05) is 7.11 Å². The minimum absolute atomic E-state index is 0.101. The number of hydrogen-bond acceptors (Lipinski definition) is 5. The summed E-state index contributed by atoms with van der Waals surface area (Å²) in [7, 11) is 1.51. The number of benzene rings is 1. The summed E-state index contributed by atoms with van der Waals surface area (Å²) >= 11 is 0. The van der Waals surface area contributed by atoms with Crippen LogP contribution in [0.2, 0.25) is 0 Å². The number of methoxy groups -OCH3 is 1. The smallest absolute Gasteiger partial charge is 0.309 e. The van der Waals surface area contributed by atoms with Crippen molar-refractivity contribution >= 4 is 11.6 Å². The molecule has 0 atom stereocenters. The number of nitrogens with zero attached hydrogens (tertiary/aromatic N) is 2. The van der Waals surface area contributed by atoms with Crippen LogP contribution in [-0.2, 0) is 4.79 Å². The van der Waals surface area contributed by atoms with Crippen LogP contribution in [0.25, 0.3) is 0 Å². The Kier molecular flexibility index (Phi) is 3.31. The number of hydrogen-bond donors (Lipinski definition) is 2. The van der Waals surface area contributed by atoms with Crippen molar-refractivity contribution in [3.05, 3.63) is 29.8 Å². The van der Waals surface area contributed by atoms with Gasteiger partial charge in [-0.2, -0.15) is 5.10 Å². The summed E-state index contributed by atoms with van der Waals surface area (Å²) in [5.74, 6) is -2.94. The molecule has 20 heavy (non-hydrogen) atoms. The Balaban J connectivity index is 2.51. The fourth-order valence-electron chi connectivity index (χ4n) is 1.95. The Bertz CT molecular complexity index is 573. The number of carbonyl (C=O) groups excluding carboxylic acids is 1. The van der Waals surface area contributed by atoms with Crippen molar-refractivity contribution in [1.82, 2.24) is 5.01 Å². The quantitative estimate of drug-likeness (QED) is 0.781. The summed E-state index contributed by atoms with van der Waals surface area (Å²) in [5.41, 5.74) is -0.320. The number of amides is 1. The Labute approximate surface area is 117 Å². The highest BCUT2D eigenvalue weighted by Gasteiger charge is 2.52. The van der Waals surface area contributed by atoms with Crippen LogP contribution in [0.3, 0.4) is 0 Å². The molecule has 1 aromatic carbocycles. The molecule has 6 nitrogen and oxygen atoms in total. The van der Waals surface area contributed by atoms with Crippen molar-refractivity contribution in [1.29, 1.82) is 0 Å². The first kappa shape index (κ1) is 14.5. The van der Waals surface area contributed by atoms with Crippen molar-refractivity contribution < 1.29 is 19.7 Å². The summed E-state index contributed by atoms with van der Waals surface area (Å²) < 4.78 is 5.09. The molecule has 1 heterocycles. The maximum atomic E-state index is 12.1. The molecule has 0 aromatic heterocycles. The van der Waals surface area contributed by atoms with Gasteiger partial charge in [-0.05, 0) is 32.9 Å². The van der Waals surface area contributed by atoms with Gasteiger partial charge in [-0.25, -0.2) is 5.01 Å². The molecule has 2 N–H and O–H groups in total. The molecule has 0 saturated carbocycles. The number of carbonyl (C=O) groups is 1. The molecule has 0 fully saturated rings. The SMILES string of the molecule is COc1cccc(C2=NN(C(C)(C)C)C(=O)C2(O)O)c1. The molecule has 1 aliphatic rings. The fraction of sp³-hybridized carbons (Fsp3) is 0.429. The minimum atomic E-state index is -2.63. The van der Waals surface area contributed by atoms with E-state index in [4.69, 9.17) is 4.74 Å². The molecule has 1 aromatic rings. The number of rotatable bonds is 2. The molecule has 0 bridgehead atoms. The zero-order chi connectivity index (χ0) is 15.1. The van der Waals surface area contributed by atoms with Crippen molar-refractivity contribution in [3.63, 3.8) is 0 Å². The Hall–Kier alpha value is -1.92. The molecular weight excluding hydrogens is 260 g/mol. The summed E-state index contributed by atoms with van der Waals surface area (Å²) in [6.45, 7) is 5.29. The summed E-state index contributed by atoms with van der Waals surface area (Å²) in [6.07, 6.45) is 0. The van der Waals surface area contributed by atoms with E-state index in [9.17, 15) is 15.0 Å². The van der Waals surface area contributed by atoms with Gasteiger partial charge in [-0.1, -0.05) is 12.1 Å². The molecule has 0 unspecified atom stereocenters. The van der Waals surface area contributed by atoms with Crippen LogP contribution in [0.4, 0.5) is 0 Å². The largest absolute Gasteiger partial charge is 0.497 e. The van der Waals surface area contributed by atoms with Gasteiger partial charge < -0.3 is 14.9 Å². The topological polar surface area (TPSA) is 82.4 Å². The van der Waals surface area contributed by atoms with E-state index in [0.717, 1.165) is 5.01 Å². The summed E-state index contributed by atoms with van der Waals surface area (Å²) in [4.78, 5) is 12.1. The van der Waals surface area contributed by atoms with E-state index in [1.165, 1.54) is 7.11 Å². The van der Waals surface area contributed by atoms with Crippen LogP contribution in [0.1, 0.15) is 26.3 Å². The molecule has 1 aliphatic heterocycles. The fourth-order valence-corrected chi connectivity index (χ4v) is 1.95. The number of aliphatic hydroxyl groups is 2. The lowest BCUT2D eigenvalue weighted by Crippen LogP contribution is -2.50. The summed E-state index contributed by atoms with van der Waals surface area (Å²) in [6, 6.07) is 6.65. The van der Waals surface area contributed by atoms with Crippen molar-refractivity contribution in [2.24, 2.45) is 5.10 Å². The highest BCUT2D eigenvalue weighted by molar-refractivity contribution is 6.21. The molecule has 0 spiro atoms. The zero-order valence-corrected chi connectivity index (χ0v) is 11.9. The maximum Gasteiger partial charge on any atom is 0.309 e.